The summed E-state index contributed by atoms with van der Waals surface area (Å²) < 4.78 is 5.87. The van der Waals surface area contributed by atoms with E-state index < -0.39 is 0 Å². The summed E-state index contributed by atoms with van der Waals surface area (Å²) in [4.78, 5) is 0. The molecule has 0 rings (SSSR count). The molecule has 2 heteroatoms. The van der Waals surface area contributed by atoms with Gasteiger partial charge in [0.25, 0.3) is 6.92 Å². The quantitative estimate of drug-likeness (QED) is 0.373. The van der Waals surface area contributed by atoms with Gasteiger partial charge >= 0.3 is 0 Å². The molecule has 0 saturated heterocycles. The smallest absolute Gasteiger partial charge is 0.293 e. The first-order valence-corrected chi connectivity index (χ1v) is 6.46. The zero-order chi connectivity index (χ0) is 10.6. The lowest BCUT2D eigenvalue weighted by Gasteiger charge is -2.12. The van der Waals surface area contributed by atoms with Gasteiger partial charge in [-0.3, -0.25) is 0 Å². The lowest BCUT2D eigenvalue weighted by Crippen LogP contribution is -2.17. The Balaban J connectivity index is 3.30. The molecule has 0 aliphatic carbocycles. The molecule has 0 unspecified atom stereocenters. The molecule has 0 aromatic heterocycles. The summed E-state index contributed by atoms with van der Waals surface area (Å²) in [6, 6.07) is 0. The Morgan fingerprint density at radius 2 is 1.43 bits per heavy atom. The van der Waals surface area contributed by atoms with Crippen molar-refractivity contribution in [2.75, 3.05) is 6.61 Å². The highest BCUT2D eigenvalue weighted by atomic mass is 16.4. The van der Waals surface area contributed by atoms with Crippen LogP contribution in [0, 0.1) is 0 Å². The maximum absolute atomic E-state index is 5.87. The van der Waals surface area contributed by atoms with E-state index in [1.54, 1.807) is 0 Å². The molecule has 0 aliphatic rings. The molecule has 1 nitrogen and oxygen atoms in total. The summed E-state index contributed by atoms with van der Waals surface area (Å²) in [6.45, 7) is 8.24. The second kappa shape index (κ2) is 11.1. The number of hydrogen-bond acceptors (Lipinski definition) is 1. The van der Waals surface area contributed by atoms with Crippen LogP contribution in [0.4, 0.5) is 0 Å². The van der Waals surface area contributed by atoms with Crippen LogP contribution < -0.4 is 0 Å². The lowest BCUT2D eigenvalue weighted by molar-refractivity contribution is 0.304. The van der Waals surface area contributed by atoms with Gasteiger partial charge in [-0.05, 0) is 19.1 Å². The average Bonchev–Trinajstić information content (AvgIpc) is 2.18. The van der Waals surface area contributed by atoms with E-state index in [1.165, 1.54) is 51.2 Å². The topological polar surface area (TPSA) is 9.23 Å². The van der Waals surface area contributed by atoms with Crippen LogP contribution >= 0.6 is 0 Å². The summed E-state index contributed by atoms with van der Waals surface area (Å²) in [7, 11) is 0. The van der Waals surface area contributed by atoms with Crippen molar-refractivity contribution in [1.29, 1.82) is 0 Å². The standard InChI is InChI=1S/C12H27BO/c1-4-7-8-9-12-14-13(10-5-2)11-6-3/h4-12H2,1-3H3. The fraction of sp³-hybridized carbons (Fsp3) is 1.00. The Hall–Kier alpha value is 0.0249. The van der Waals surface area contributed by atoms with Crippen LogP contribution in [-0.4, -0.2) is 13.5 Å². The second-order valence-corrected chi connectivity index (χ2v) is 4.13. The van der Waals surface area contributed by atoms with Crippen molar-refractivity contribution in [3.63, 3.8) is 0 Å². The van der Waals surface area contributed by atoms with Gasteiger partial charge in [0.15, 0.2) is 0 Å². The highest BCUT2D eigenvalue weighted by Crippen LogP contribution is 2.08. The third-order valence-electron chi connectivity index (χ3n) is 2.57. The first kappa shape index (κ1) is 14.0. The third kappa shape index (κ3) is 8.62. The molecule has 0 amide bonds. The minimum absolute atomic E-state index is 0.534. The fourth-order valence-corrected chi connectivity index (χ4v) is 1.73. The van der Waals surface area contributed by atoms with E-state index in [1.807, 2.05) is 0 Å². The fourth-order valence-electron chi connectivity index (χ4n) is 1.73. The van der Waals surface area contributed by atoms with E-state index in [-0.39, 0.29) is 0 Å². The molecule has 0 saturated carbocycles. The Morgan fingerprint density at radius 3 is 1.93 bits per heavy atom. The van der Waals surface area contributed by atoms with Crippen molar-refractivity contribution in [3.05, 3.63) is 0 Å². The maximum Gasteiger partial charge on any atom is 0.293 e. The highest BCUT2D eigenvalue weighted by Gasteiger charge is 2.12. The molecule has 0 radical (unpaired) electrons. The van der Waals surface area contributed by atoms with Gasteiger partial charge < -0.3 is 4.65 Å². The summed E-state index contributed by atoms with van der Waals surface area (Å²) in [5.41, 5.74) is 0. The van der Waals surface area contributed by atoms with E-state index in [2.05, 4.69) is 20.8 Å². The van der Waals surface area contributed by atoms with Gasteiger partial charge in [-0.15, -0.1) is 0 Å². The molecule has 0 aliphatic heterocycles. The van der Waals surface area contributed by atoms with E-state index in [0.29, 0.717) is 6.92 Å². The van der Waals surface area contributed by atoms with E-state index in [4.69, 9.17) is 4.65 Å². The van der Waals surface area contributed by atoms with Gasteiger partial charge in [0, 0.05) is 6.61 Å². The first-order chi connectivity index (χ1) is 6.85. The van der Waals surface area contributed by atoms with Gasteiger partial charge in [-0.2, -0.15) is 0 Å². The van der Waals surface area contributed by atoms with Crippen LogP contribution in [0.15, 0.2) is 0 Å². The summed E-state index contributed by atoms with van der Waals surface area (Å²) in [5.74, 6) is 0. The van der Waals surface area contributed by atoms with Gasteiger partial charge in [-0.1, -0.05) is 52.9 Å². The van der Waals surface area contributed by atoms with E-state index in [9.17, 15) is 0 Å². The van der Waals surface area contributed by atoms with Gasteiger partial charge in [0.05, 0.1) is 0 Å². The van der Waals surface area contributed by atoms with Crippen molar-refractivity contribution in [2.45, 2.75) is 71.9 Å². The minimum atomic E-state index is 0.534. The molecular formula is C12H27BO. The molecule has 0 heterocycles. The molecular weight excluding hydrogens is 171 g/mol. The molecule has 84 valence electrons. The summed E-state index contributed by atoms with van der Waals surface area (Å²) in [5, 5.41) is 0. The molecule has 0 N–H and O–H groups in total. The Morgan fingerprint density at radius 1 is 0.786 bits per heavy atom. The average molecular weight is 198 g/mol. The van der Waals surface area contributed by atoms with Crippen LogP contribution in [0.5, 0.6) is 0 Å². The van der Waals surface area contributed by atoms with Crippen LogP contribution in [0.2, 0.25) is 12.6 Å². The highest BCUT2D eigenvalue weighted by molar-refractivity contribution is 6.51. The maximum atomic E-state index is 5.87. The van der Waals surface area contributed by atoms with Crippen molar-refractivity contribution in [1.82, 2.24) is 0 Å². The van der Waals surface area contributed by atoms with Crippen LogP contribution in [0.3, 0.4) is 0 Å². The van der Waals surface area contributed by atoms with Crippen molar-refractivity contribution >= 4 is 6.92 Å². The largest absolute Gasteiger partial charge is 0.436 e. The number of hydrogen-bond donors (Lipinski definition) is 0. The summed E-state index contributed by atoms with van der Waals surface area (Å²) >= 11 is 0. The predicted octanol–water partition coefficient (Wildman–Crippen LogP) is 4.39. The second-order valence-electron chi connectivity index (χ2n) is 4.13. The van der Waals surface area contributed by atoms with Crippen LogP contribution in [0.1, 0.15) is 59.3 Å². The zero-order valence-corrected chi connectivity index (χ0v) is 10.3. The molecule has 0 aromatic rings. The molecule has 0 fully saturated rings. The Bertz CT molecular complexity index is 100. The zero-order valence-electron chi connectivity index (χ0n) is 10.3. The van der Waals surface area contributed by atoms with Crippen LogP contribution in [-0.2, 0) is 4.65 Å². The molecule has 0 aromatic carbocycles. The van der Waals surface area contributed by atoms with Crippen molar-refractivity contribution in [2.24, 2.45) is 0 Å². The SMILES string of the molecule is CCCCCCOB(CCC)CCC. The van der Waals surface area contributed by atoms with Gasteiger partial charge in [0.2, 0.25) is 0 Å². The lowest BCUT2D eigenvalue weighted by atomic mass is 9.60. The third-order valence-corrected chi connectivity index (χ3v) is 2.57. The Kier molecular flexibility index (Phi) is 11.1. The van der Waals surface area contributed by atoms with Gasteiger partial charge in [0.1, 0.15) is 0 Å². The van der Waals surface area contributed by atoms with Gasteiger partial charge in [-0.25, -0.2) is 0 Å². The van der Waals surface area contributed by atoms with E-state index in [0.717, 1.165) is 6.61 Å². The number of unbranched alkanes of at least 4 members (excludes halogenated alkanes) is 3. The molecule has 14 heavy (non-hydrogen) atoms. The molecule has 0 atom stereocenters. The number of rotatable bonds is 10. The normalized spacial score (nSPS) is 10.5. The Labute approximate surface area is 90.7 Å². The van der Waals surface area contributed by atoms with Crippen molar-refractivity contribution < 1.29 is 4.65 Å². The molecule has 0 spiro atoms. The molecule has 0 bridgehead atoms. The predicted molar refractivity (Wildman–Crippen MR) is 66.0 cm³/mol. The summed E-state index contributed by atoms with van der Waals surface area (Å²) in [6.07, 6.45) is 10.2. The minimum Gasteiger partial charge on any atom is -0.436 e. The van der Waals surface area contributed by atoms with Crippen molar-refractivity contribution in [3.8, 4) is 0 Å². The van der Waals surface area contributed by atoms with E-state index >= 15 is 0 Å². The first-order valence-electron chi connectivity index (χ1n) is 6.46. The monoisotopic (exact) mass is 198 g/mol. The van der Waals surface area contributed by atoms with Crippen LogP contribution in [0.25, 0.3) is 0 Å².